The highest BCUT2D eigenvalue weighted by Gasteiger charge is 2.14. The van der Waals surface area contributed by atoms with Crippen molar-refractivity contribution in [1.82, 2.24) is 25.6 Å². The molecule has 2 N–H and O–H groups in total. The second-order valence-electron chi connectivity index (χ2n) is 8.68. The molecule has 3 rings (SSSR count). The van der Waals surface area contributed by atoms with E-state index >= 15 is 0 Å². The fraction of sp³-hybridized carbons (Fsp3) is 0.600. The molecule has 1 aromatic heterocycles. The molecular formula is C25H41IN6O. The summed E-state index contributed by atoms with van der Waals surface area (Å²) < 4.78 is 5.52. The molecule has 0 spiro atoms. The zero-order valence-electron chi connectivity index (χ0n) is 20.6. The molecule has 1 aromatic carbocycles. The molecule has 2 aromatic rings. The van der Waals surface area contributed by atoms with E-state index in [0.29, 0.717) is 19.0 Å². The molecule has 0 aliphatic carbocycles. The second kappa shape index (κ2) is 14.6. The van der Waals surface area contributed by atoms with Crippen molar-refractivity contribution in [3.05, 3.63) is 52.9 Å². The summed E-state index contributed by atoms with van der Waals surface area (Å²) in [5, 5.41) is 10.9. The van der Waals surface area contributed by atoms with Crippen LogP contribution in [0.1, 0.15) is 62.1 Å². The van der Waals surface area contributed by atoms with Crippen molar-refractivity contribution < 1.29 is 4.52 Å². The molecule has 1 saturated heterocycles. The smallest absolute Gasteiger partial charge is 0.191 e. The Hall–Kier alpha value is -1.65. The normalized spacial score (nSPS) is 15.5. The van der Waals surface area contributed by atoms with Gasteiger partial charge >= 0.3 is 0 Å². The molecule has 1 aliphatic heterocycles. The molecule has 0 bridgehead atoms. The zero-order valence-corrected chi connectivity index (χ0v) is 23.0. The molecule has 0 unspecified atom stereocenters. The van der Waals surface area contributed by atoms with Crippen LogP contribution in [0.5, 0.6) is 0 Å². The molecule has 0 saturated carbocycles. The number of hydrogen-bond acceptors (Lipinski definition) is 5. The van der Waals surface area contributed by atoms with Crippen molar-refractivity contribution in [2.24, 2.45) is 4.99 Å². The molecule has 1 fully saturated rings. The highest BCUT2D eigenvalue weighted by molar-refractivity contribution is 14.0. The van der Waals surface area contributed by atoms with Gasteiger partial charge in [0.15, 0.2) is 11.7 Å². The first-order valence-electron chi connectivity index (χ1n) is 12.1. The summed E-state index contributed by atoms with van der Waals surface area (Å²) in [5.41, 5.74) is 3.62. The molecule has 184 valence electrons. The lowest BCUT2D eigenvalue weighted by atomic mass is 9.99. The molecule has 0 atom stereocenters. The minimum Gasteiger partial charge on any atom is -0.359 e. The molecule has 1 aliphatic rings. The maximum atomic E-state index is 5.52. The van der Waals surface area contributed by atoms with Crippen molar-refractivity contribution in [3.63, 3.8) is 0 Å². The number of benzene rings is 1. The third kappa shape index (κ3) is 8.90. The summed E-state index contributed by atoms with van der Waals surface area (Å²) in [5.74, 6) is 2.09. The van der Waals surface area contributed by atoms with Crippen LogP contribution >= 0.6 is 24.0 Å². The molecule has 7 nitrogen and oxygen atoms in total. The second-order valence-corrected chi connectivity index (χ2v) is 8.68. The molecule has 2 heterocycles. The van der Waals surface area contributed by atoms with E-state index in [1.54, 1.807) is 0 Å². The lowest BCUT2D eigenvalue weighted by molar-refractivity contribution is 0.148. The Bertz CT molecular complexity index is 826. The van der Waals surface area contributed by atoms with Gasteiger partial charge in [-0.25, -0.2) is 4.99 Å². The van der Waals surface area contributed by atoms with E-state index in [4.69, 9.17) is 9.52 Å². The van der Waals surface area contributed by atoms with Crippen LogP contribution in [0.3, 0.4) is 0 Å². The average Bonchev–Trinajstić information content (AvgIpc) is 3.28. The minimum atomic E-state index is 0. The standard InChI is InChI=1S/C25H40N6O.HI/c1-5-22(6-2)24-16-23(32-29-24)18-28-25(26-7-3)27-17-20-8-10-21(11-9-20)19-31-14-12-30(4)13-15-31;/h8-11,16,22H,5-7,12-15,17-19H2,1-4H3,(H2,26,27,28);1H. The Labute approximate surface area is 216 Å². The van der Waals surface area contributed by atoms with Crippen LogP contribution in [0.25, 0.3) is 0 Å². The van der Waals surface area contributed by atoms with Crippen LogP contribution in [-0.2, 0) is 19.6 Å². The molecular weight excluding hydrogens is 527 g/mol. The SMILES string of the molecule is CCNC(=NCc1ccc(CN2CCN(C)CC2)cc1)NCc1cc(C(CC)CC)no1.I. The lowest BCUT2D eigenvalue weighted by Gasteiger charge is -2.32. The average molecular weight is 569 g/mol. The van der Waals surface area contributed by atoms with Gasteiger partial charge in [-0.15, -0.1) is 24.0 Å². The van der Waals surface area contributed by atoms with Crippen LogP contribution in [0, 0.1) is 0 Å². The van der Waals surface area contributed by atoms with E-state index in [0.717, 1.165) is 69.5 Å². The van der Waals surface area contributed by atoms with Gasteiger partial charge in [0.1, 0.15) is 0 Å². The first-order chi connectivity index (χ1) is 15.6. The highest BCUT2D eigenvalue weighted by atomic mass is 127. The fourth-order valence-corrected chi connectivity index (χ4v) is 4.01. The van der Waals surface area contributed by atoms with Gasteiger partial charge in [0, 0.05) is 51.3 Å². The number of aliphatic imine (C=N–C) groups is 1. The number of nitrogens with zero attached hydrogens (tertiary/aromatic N) is 4. The van der Waals surface area contributed by atoms with E-state index in [1.807, 2.05) is 0 Å². The molecule has 33 heavy (non-hydrogen) atoms. The summed E-state index contributed by atoms with van der Waals surface area (Å²) in [7, 11) is 2.19. The Morgan fingerprint density at radius 1 is 1.03 bits per heavy atom. The van der Waals surface area contributed by atoms with Crippen LogP contribution in [-0.4, -0.2) is 60.7 Å². The Morgan fingerprint density at radius 2 is 1.70 bits per heavy atom. The number of aromatic nitrogens is 1. The largest absolute Gasteiger partial charge is 0.359 e. The topological polar surface area (TPSA) is 68.9 Å². The third-order valence-electron chi connectivity index (χ3n) is 6.20. The van der Waals surface area contributed by atoms with E-state index in [-0.39, 0.29) is 24.0 Å². The summed E-state index contributed by atoms with van der Waals surface area (Å²) in [6.07, 6.45) is 2.16. The Morgan fingerprint density at radius 3 is 2.33 bits per heavy atom. The maximum Gasteiger partial charge on any atom is 0.191 e. The predicted molar refractivity (Wildman–Crippen MR) is 146 cm³/mol. The van der Waals surface area contributed by atoms with E-state index in [9.17, 15) is 0 Å². The molecule has 0 amide bonds. The summed E-state index contributed by atoms with van der Waals surface area (Å²) in [6.45, 7) is 14.1. The van der Waals surface area contributed by atoms with Gasteiger partial charge in [-0.05, 0) is 37.9 Å². The molecule has 8 heteroatoms. The third-order valence-corrected chi connectivity index (χ3v) is 6.20. The summed E-state index contributed by atoms with van der Waals surface area (Å²) in [6, 6.07) is 10.9. The van der Waals surface area contributed by atoms with Crippen LogP contribution in [0.2, 0.25) is 0 Å². The number of rotatable bonds is 10. The predicted octanol–water partition coefficient (Wildman–Crippen LogP) is 4.20. The van der Waals surface area contributed by atoms with E-state index in [2.05, 4.69) is 83.7 Å². The first-order valence-corrected chi connectivity index (χ1v) is 12.1. The lowest BCUT2D eigenvalue weighted by Crippen LogP contribution is -2.43. The van der Waals surface area contributed by atoms with Gasteiger partial charge in [0.25, 0.3) is 0 Å². The van der Waals surface area contributed by atoms with Gasteiger partial charge in [-0.1, -0.05) is 43.3 Å². The van der Waals surface area contributed by atoms with E-state index < -0.39 is 0 Å². The summed E-state index contributed by atoms with van der Waals surface area (Å²) >= 11 is 0. The van der Waals surface area contributed by atoms with Crippen molar-refractivity contribution in [3.8, 4) is 0 Å². The number of hydrogen-bond donors (Lipinski definition) is 2. The van der Waals surface area contributed by atoms with Crippen molar-refractivity contribution in [1.29, 1.82) is 0 Å². The van der Waals surface area contributed by atoms with Crippen molar-refractivity contribution >= 4 is 29.9 Å². The number of nitrogens with one attached hydrogen (secondary N) is 2. The number of guanidine groups is 1. The Kier molecular flexibility index (Phi) is 12.2. The monoisotopic (exact) mass is 568 g/mol. The van der Waals surface area contributed by atoms with Crippen LogP contribution < -0.4 is 10.6 Å². The number of likely N-dealkylation sites (N-methyl/N-ethyl adjacent to an activating group) is 1. The van der Waals surface area contributed by atoms with Crippen LogP contribution in [0.15, 0.2) is 39.8 Å². The van der Waals surface area contributed by atoms with Crippen molar-refractivity contribution in [2.75, 3.05) is 39.8 Å². The van der Waals surface area contributed by atoms with Gasteiger partial charge in [-0.3, -0.25) is 4.90 Å². The van der Waals surface area contributed by atoms with Crippen molar-refractivity contribution in [2.45, 2.75) is 59.2 Å². The zero-order chi connectivity index (χ0) is 22.8. The van der Waals surface area contributed by atoms with Crippen LogP contribution in [0.4, 0.5) is 0 Å². The first kappa shape index (κ1) is 27.6. The molecule has 0 radical (unpaired) electrons. The van der Waals surface area contributed by atoms with E-state index in [1.165, 1.54) is 11.1 Å². The van der Waals surface area contributed by atoms with Gasteiger partial charge in [-0.2, -0.15) is 0 Å². The van der Waals surface area contributed by atoms with Gasteiger partial charge < -0.3 is 20.1 Å². The van der Waals surface area contributed by atoms with Gasteiger partial charge in [0.2, 0.25) is 0 Å². The quantitative estimate of drug-likeness (QED) is 0.255. The highest BCUT2D eigenvalue weighted by Crippen LogP contribution is 2.22. The van der Waals surface area contributed by atoms with Gasteiger partial charge in [0.05, 0.1) is 18.8 Å². The number of halogens is 1. The number of piperazine rings is 1. The maximum absolute atomic E-state index is 5.52. The summed E-state index contributed by atoms with van der Waals surface area (Å²) in [4.78, 5) is 9.66. The minimum absolute atomic E-state index is 0. The Balaban J connectivity index is 0.00000385. The fourth-order valence-electron chi connectivity index (χ4n) is 4.01.